The lowest BCUT2D eigenvalue weighted by atomic mass is 10.0. The molecule has 1 fully saturated rings. The van der Waals surface area contributed by atoms with Crippen molar-refractivity contribution in [2.75, 3.05) is 27.2 Å². The number of hydrogen-bond acceptors (Lipinski definition) is 4. The van der Waals surface area contributed by atoms with Crippen LogP contribution in [0.3, 0.4) is 0 Å². The number of nitrogens with zero attached hydrogens (tertiary/aromatic N) is 1. The van der Waals surface area contributed by atoms with Crippen LogP contribution in [0.2, 0.25) is 0 Å². The third-order valence-corrected chi connectivity index (χ3v) is 2.04. The van der Waals surface area contributed by atoms with Gasteiger partial charge >= 0.3 is 0 Å². The Kier molecular flexibility index (Phi) is 3.06. The van der Waals surface area contributed by atoms with Crippen molar-refractivity contribution in [1.29, 1.82) is 0 Å². The van der Waals surface area contributed by atoms with E-state index in [9.17, 15) is 10.2 Å². The van der Waals surface area contributed by atoms with E-state index in [1.54, 1.807) is 4.90 Å². The molecule has 0 bridgehead atoms. The highest BCUT2D eigenvalue weighted by atomic mass is 16.6. The Morgan fingerprint density at radius 2 is 2.25 bits per heavy atom. The molecule has 0 aromatic rings. The largest absolute Gasteiger partial charge is 0.387 e. The molecule has 0 amide bonds. The number of ether oxygens (including phenoxy) is 1. The maximum Gasteiger partial charge on any atom is 0.205 e. The van der Waals surface area contributed by atoms with Crippen LogP contribution in [0.15, 0.2) is 0 Å². The van der Waals surface area contributed by atoms with Gasteiger partial charge in [0.05, 0.1) is 13.2 Å². The summed E-state index contributed by atoms with van der Waals surface area (Å²) in [6.07, 6.45) is 0.676. The topological polar surface area (TPSA) is 52.9 Å². The molecule has 0 aromatic heterocycles. The zero-order valence-electron chi connectivity index (χ0n) is 7.66. The van der Waals surface area contributed by atoms with Crippen molar-refractivity contribution in [3.05, 3.63) is 0 Å². The summed E-state index contributed by atoms with van der Waals surface area (Å²) in [7, 11) is 3.67. The van der Waals surface area contributed by atoms with Crippen LogP contribution in [0.25, 0.3) is 0 Å². The Morgan fingerprint density at radius 3 is 2.75 bits per heavy atom. The summed E-state index contributed by atoms with van der Waals surface area (Å²) < 4.78 is 5.15. The second-order valence-electron chi connectivity index (χ2n) is 3.59. The summed E-state index contributed by atoms with van der Waals surface area (Å²) in [5, 5.41) is 19.3. The van der Waals surface area contributed by atoms with Crippen LogP contribution < -0.4 is 0 Å². The average molecular weight is 175 g/mol. The first kappa shape index (κ1) is 9.92. The third kappa shape index (κ3) is 2.17. The molecule has 2 atom stereocenters. The van der Waals surface area contributed by atoms with Gasteiger partial charge in [-0.2, -0.15) is 0 Å². The molecule has 0 aliphatic carbocycles. The molecule has 0 saturated carbocycles. The molecular formula is C8H17NO3. The van der Waals surface area contributed by atoms with Gasteiger partial charge in [0, 0.05) is 0 Å². The highest BCUT2D eigenvalue weighted by Gasteiger charge is 2.39. The molecule has 1 aliphatic heterocycles. The van der Waals surface area contributed by atoms with E-state index < -0.39 is 11.9 Å². The average Bonchev–Trinajstić information content (AvgIpc) is 1.94. The molecule has 0 spiro atoms. The van der Waals surface area contributed by atoms with E-state index in [4.69, 9.17) is 4.74 Å². The van der Waals surface area contributed by atoms with Gasteiger partial charge in [0.25, 0.3) is 0 Å². The molecule has 4 nitrogen and oxygen atoms in total. The van der Waals surface area contributed by atoms with Crippen molar-refractivity contribution >= 4 is 0 Å². The maximum atomic E-state index is 9.80. The fourth-order valence-electron chi connectivity index (χ4n) is 1.45. The van der Waals surface area contributed by atoms with Crippen LogP contribution in [0.1, 0.15) is 12.8 Å². The minimum absolute atomic E-state index is 0.341. The molecule has 2 N–H and O–H groups in total. The van der Waals surface area contributed by atoms with Gasteiger partial charge in [-0.25, -0.2) is 0 Å². The Hall–Kier alpha value is -0.160. The minimum atomic E-state index is -1.36. The number of aliphatic hydroxyl groups excluding tert-OH is 1. The standard InChI is InChI=1S/C8H17NO3/c1-9(2)6-8(11)7(10)4-3-5-12-8/h7,10-11H,3-6H2,1-2H3. The van der Waals surface area contributed by atoms with E-state index in [-0.39, 0.29) is 0 Å². The molecule has 2 unspecified atom stereocenters. The van der Waals surface area contributed by atoms with Crippen LogP contribution in [-0.4, -0.2) is 54.3 Å². The number of likely N-dealkylation sites (N-methyl/N-ethyl adjacent to an activating group) is 1. The summed E-state index contributed by atoms with van der Waals surface area (Å²) in [4.78, 5) is 1.80. The van der Waals surface area contributed by atoms with Crippen molar-refractivity contribution in [1.82, 2.24) is 4.90 Å². The second-order valence-corrected chi connectivity index (χ2v) is 3.59. The zero-order chi connectivity index (χ0) is 9.19. The molecule has 72 valence electrons. The van der Waals surface area contributed by atoms with Gasteiger partial charge in [0.1, 0.15) is 6.10 Å². The van der Waals surface area contributed by atoms with Gasteiger partial charge in [-0.15, -0.1) is 0 Å². The highest BCUT2D eigenvalue weighted by Crippen LogP contribution is 2.23. The van der Waals surface area contributed by atoms with Crippen molar-refractivity contribution in [2.45, 2.75) is 24.7 Å². The first-order valence-corrected chi connectivity index (χ1v) is 4.24. The van der Waals surface area contributed by atoms with Gasteiger partial charge in [-0.1, -0.05) is 0 Å². The third-order valence-electron chi connectivity index (χ3n) is 2.04. The van der Waals surface area contributed by atoms with Gasteiger partial charge < -0.3 is 19.8 Å². The number of aliphatic hydroxyl groups is 2. The van der Waals surface area contributed by atoms with Crippen LogP contribution in [0.5, 0.6) is 0 Å². The first-order valence-electron chi connectivity index (χ1n) is 4.24. The fraction of sp³-hybridized carbons (Fsp3) is 1.00. The van der Waals surface area contributed by atoms with E-state index in [0.717, 1.165) is 6.42 Å². The monoisotopic (exact) mass is 175 g/mol. The van der Waals surface area contributed by atoms with Gasteiger partial charge in [-0.3, -0.25) is 0 Å². The molecule has 1 saturated heterocycles. The predicted octanol–water partition coefficient (Wildman–Crippen LogP) is -0.592. The van der Waals surface area contributed by atoms with Gasteiger partial charge in [-0.05, 0) is 26.9 Å². The number of rotatable bonds is 2. The van der Waals surface area contributed by atoms with E-state index >= 15 is 0 Å². The van der Waals surface area contributed by atoms with Crippen LogP contribution >= 0.6 is 0 Å². The highest BCUT2D eigenvalue weighted by molar-refractivity contribution is 4.82. The Balaban J connectivity index is 2.53. The lowest BCUT2D eigenvalue weighted by Gasteiger charge is -2.38. The number of hydrogen-bond donors (Lipinski definition) is 2. The quantitative estimate of drug-likeness (QED) is 0.589. The molecule has 1 aliphatic rings. The van der Waals surface area contributed by atoms with Gasteiger partial charge in [0.15, 0.2) is 0 Å². The van der Waals surface area contributed by atoms with Crippen LogP contribution in [0, 0.1) is 0 Å². The van der Waals surface area contributed by atoms with E-state index in [1.807, 2.05) is 14.1 Å². The Morgan fingerprint density at radius 1 is 1.58 bits per heavy atom. The SMILES string of the molecule is CN(C)CC1(O)OCCCC1O. The summed E-state index contributed by atoms with van der Waals surface area (Å²) in [5.41, 5.74) is 0. The second kappa shape index (κ2) is 3.70. The van der Waals surface area contributed by atoms with E-state index in [2.05, 4.69) is 0 Å². The molecule has 1 heterocycles. The smallest absolute Gasteiger partial charge is 0.205 e. The molecule has 1 rings (SSSR count). The van der Waals surface area contributed by atoms with Gasteiger partial charge in [0.2, 0.25) is 5.79 Å². The lowest BCUT2D eigenvalue weighted by molar-refractivity contribution is -0.280. The maximum absolute atomic E-state index is 9.80. The van der Waals surface area contributed by atoms with Crippen molar-refractivity contribution in [3.8, 4) is 0 Å². The van der Waals surface area contributed by atoms with Crippen LogP contribution in [-0.2, 0) is 4.74 Å². The van der Waals surface area contributed by atoms with E-state index in [1.165, 1.54) is 0 Å². The Labute approximate surface area is 72.7 Å². The molecule has 4 heteroatoms. The fourth-order valence-corrected chi connectivity index (χ4v) is 1.45. The minimum Gasteiger partial charge on any atom is -0.387 e. The van der Waals surface area contributed by atoms with Crippen LogP contribution in [0.4, 0.5) is 0 Å². The molecule has 12 heavy (non-hydrogen) atoms. The zero-order valence-corrected chi connectivity index (χ0v) is 7.66. The summed E-state index contributed by atoms with van der Waals surface area (Å²) in [6.45, 7) is 0.871. The predicted molar refractivity (Wildman–Crippen MR) is 44.7 cm³/mol. The molecule has 0 radical (unpaired) electrons. The van der Waals surface area contributed by atoms with Crippen molar-refractivity contribution in [3.63, 3.8) is 0 Å². The first-order chi connectivity index (χ1) is 5.54. The summed E-state index contributed by atoms with van der Waals surface area (Å²) >= 11 is 0. The summed E-state index contributed by atoms with van der Waals surface area (Å²) in [5.74, 6) is -1.36. The lowest BCUT2D eigenvalue weighted by Crippen LogP contribution is -2.54. The van der Waals surface area contributed by atoms with Crippen molar-refractivity contribution in [2.24, 2.45) is 0 Å². The molecular weight excluding hydrogens is 158 g/mol. The molecule has 0 aromatic carbocycles. The Bertz CT molecular complexity index is 151. The summed E-state index contributed by atoms with van der Waals surface area (Å²) in [6, 6.07) is 0. The van der Waals surface area contributed by atoms with Crippen molar-refractivity contribution < 1.29 is 14.9 Å². The normalized spacial score (nSPS) is 37.2. The van der Waals surface area contributed by atoms with E-state index in [0.29, 0.717) is 19.6 Å².